The number of carbonyl (C=O) groups excluding carboxylic acids is 2. The van der Waals surface area contributed by atoms with Crippen LogP contribution in [0.25, 0.3) is 5.57 Å². The number of benzene rings is 1. The van der Waals surface area contributed by atoms with Crippen molar-refractivity contribution in [2.45, 2.75) is 12.8 Å². The summed E-state index contributed by atoms with van der Waals surface area (Å²) in [6.07, 6.45) is 1.91. The maximum absolute atomic E-state index is 11.9. The van der Waals surface area contributed by atoms with E-state index in [0.29, 0.717) is 26.1 Å². The topological polar surface area (TPSA) is 90.0 Å². The minimum atomic E-state index is -0.913. The fourth-order valence-electron chi connectivity index (χ4n) is 2.79. The summed E-state index contributed by atoms with van der Waals surface area (Å²) < 4.78 is 0. The van der Waals surface area contributed by atoms with Crippen molar-refractivity contribution in [3.05, 3.63) is 35.9 Å². The first-order valence-electron chi connectivity index (χ1n) is 7.43. The monoisotopic (exact) mass is 315 g/mol. The summed E-state index contributed by atoms with van der Waals surface area (Å²) in [4.78, 5) is 37.0. The third-order valence-electron chi connectivity index (χ3n) is 4.06. The smallest absolute Gasteiger partial charge is 0.407 e. The number of imide groups is 1. The average Bonchev–Trinajstić information content (AvgIpc) is 2.55. The van der Waals surface area contributed by atoms with Crippen molar-refractivity contribution in [1.82, 2.24) is 10.2 Å². The van der Waals surface area contributed by atoms with E-state index in [4.69, 9.17) is 5.11 Å². The molecule has 0 radical (unpaired) electrons. The van der Waals surface area contributed by atoms with E-state index in [1.165, 1.54) is 9.80 Å². The minimum Gasteiger partial charge on any atom is -0.465 e. The average molecular weight is 315 g/mol. The Bertz CT molecular complexity index is 698. The van der Waals surface area contributed by atoms with Gasteiger partial charge in [0.25, 0.3) is 0 Å². The number of carboxylic acid groups (broad SMARTS) is 1. The zero-order valence-corrected chi connectivity index (χ0v) is 12.5. The molecular weight excluding hydrogens is 298 g/mol. The van der Waals surface area contributed by atoms with Gasteiger partial charge in [-0.2, -0.15) is 0 Å². The highest BCUT2D eigenvalue weighted by molar-refractivity contribution is 6.05. The zero-order chi connectivity index (χ0) is 16.4. The molecule has 3 rings (SSSR count). The van der Waals surface area contributed by atoms with Gasteiger partial charge in [-0.3, -0.25) is 15.0 Å². The van der Waals surface area contributed by atoms with Crippen molar-refractivity contribution in [1.29, 1.82) is 0 Å². The molecule has 0 saturated carbocycles. The van der Waals surface area contributed by atoms with E-state index in [9.17, 15) is 14.4 Å². The first-order valence-corrected chi connectivity index (χ1v) is 7.43. The third kappa shape index (κ3) is 3.18. The van der Waals surface area contributed by atoms with Crippen LogP contribution in [-0.2, 0) is 4.79 Å². The fraction of sp³-hybridized carbons (Fsp3) is 0.312. The van der Waals surface area contributed by atoms with Gasteiger partial charge in [0.15, 0.2) is 0 Å². The van der Waals surface area contributed by atoms with E-state index in [1.807, 2.05) is 30.3 Å². The van der Waals surface area contributed by atoms with Gasteiger partial charge >= 0.3 is 12.1 Å². The van der Waals surface area contributed by atoms with Gasteiger partial charge in [-0.25, -0.2) is 9.59 Å². The summed E-state index contributed by atoms with van der Waals surface area (Å²) in [5.74, 6) is -0.258. The van der Waals surface area contributed by atoms with Crippen LogP contribution in [0.5, 0.6) is 0 Å². The molecule has 1 aromatic rings. The molecule has 2 aliphatic rings. The summed E-state index contributed by atoms with van der Waals surface area (Å²) in [6.45, 7) is 1.19. The Morgan fingerprint density at radius 1 is 1.17 bits per heavy atom. The van der Waals surface area contributed by atoms with Crippen molar-refractivity contribution in [3.63, 3.8) is 0 Å². The molecule has 1 fully saturated rings. The predicted octanol–water partition coefficient (Wildman–Crippen LogP) is 1.90. The Kier molecular flexibility index (Phi) is 4.01. The molecule has 7 nitrogen and oxygen atoms in total. The SMILES string of the molecule is O=C1CCN(c2cccc(C3=CCN(C(=O)O)CC3)c2)C(=O)N1. The molecule has 0 atom stereocenters. The Hall–Kier alpha value is -2.83. The first kappa shape index (κ1) is 15.1. The zero-order valence-electron chi connectivity index (χ0n) is 12.5. The van der Waals surface area contributed by atoms with E-state index < -0.39 is 12.1 Å². The largest absolute Gasteiger partial charge is 0.465 e. The molecule has 23 heavy (non-hydrogen) atoms. The molecule has 0 unspecified atom stereocenters. The molecule has 0 aliphatic carbocycles. The van der Waals surface area contributed by atoms with Crippen LogP contribution in [0, 0.1) is 0 Å². The molecule has 7 heteroatoms. The van der Waals surface area contributed by atoms with Gasteiger partial charge in [0.05, 0.1) is 0 Å². The van der Waals surface area contributed by atoms with Crippen molar-refractivity contribution in [2.75, 3.05) is 24.5 Å². The van der Waals surface area contributed by atoms with Crippen molar-refractivity contribution in [2.24, 2.45) is 0 Å². The van der Waals surface area contributed by atoms with Gasteiger partial charge in [0, 0.05) is 31.7 Å². The lowest BCUT2D eigenvalue weighted by Gasteiger charge is -2.28. The van der Waals surface area contributed by atoms with Crippen molar-refractivity contribution in [3.8, 4) is 0 Å². The molecule has 0 spiro atoms. The van der Waals surface area contributed by atoms with Gasteiger partial charge in [0.2, 0.25) is 5.91 Å². The van der Waals surface area contributed by atoms with Gasteiger partial charge in [-0.1, -0.05) is 18.2 Å². The fourth-order valence-corrected chi connectivity index (χ4v) is 2.79. The Morgan fingerprint density at radius 3 is 2.65 bits per heavy atom. The van der Waals surface area contributed by atoms with Crippen LogP contribution in [0.3, 0.4) is 0 Å². The van der Waals surface area contributed by atoms with E-state index in [0.717, 1.165) is 16.8 Å². The third-order valence-corrected chi connectivity index (χ3v) is 4.06. The molecule has 0 bridgehead atoms. The van der Waals surface area contributed by atoms with Crippen molar-refractivity contribution < 1.29 is 19.5 Å². The summed E-state index contributed by atoms with van der Waals surface area (Å²) in [5, 5.41) is 11.3. The van der Waals surface area contributed by atoms with Crippen LogP contribution >= 0.6 is 0 Å². The highest BCUT2D eigenvalue weighted by Gasteiger charge is 2.24. The van der Waals surface area contributed by atoms with Crippen LogP contribution < -0.4 is 10.2 Å². The number of nitrogens with zero attached hydrogens (tertiary/aromatic N) is 2. The van der Waals surface area contributed by atoms with Gasteiger partial charge in [0.1, 0.15) is 0 Å². The quantitative estimate of drug-likeness (QED) is 0.872. The van der Waals surface area contributed by atoms with Gasteiger partial charge < -0.3 is 10.0 Å². The highest BCUT2D eigenvalue weighted by Crippen LogP contribution is 2.27. The lowest BCUT2D eigenvalue weighted by molar-refractivity contribution is -0.120. The minimum absolute atomic E-state index is 0.258. The predicted molar refractivity (Wildman–Crippen MR) is 84.1 cm³/mol. The number of hydrogen-bond donors (Lipinski definition) is 2. The number of carbonyl (C=O) groups is 3. The van der Waals surface area contributed by atoms with Gasteiger partial charge in [-0.05, 0) is 29.7 Å². The van der Waals surface area contributed by atoms with E-state index in [1.54, 1.807) is 0 Å². The normalized spacial score (nSPS) is 18.5. The molecule has 0 aromatic heterocycles. The highest BCUT2D eigenvalue weighted by atomic mass is 16.4. The molecule has 1 aromatic carbocycles. The molecule has 2 heterocycles. The van der Waals surface area contributed by atoms with E-state index in [2.05, 4.69) is 5.32 Å². The molecule has 2 N–H and O–H groups in total. The maximum Gasteiger partial charge on any atom is 0.407 e. The summed E-state index contributed by atoms with van der Waals surface area (Å²) in [6, 6.07) is 7.12. The number of anilines is 1. The Morgan fingerprint density at radius 2 is 2.00 bits per heavy atom. The van der Waals surface area contributed by atoms with E-state index >= 15 is 0 Å². The molecule has 4 amide bonds. The van der Waals surface area contributed by atoms with Crippen LogP contribution in [0.4, 0.5) is 15.3 Å². The summed E-state index contributed by atoms with van der Waals surface area (Å²) >= 11 is 0. The second kappa shape index (κ2) is 6.12. The van der Waals surface area contributed by atoms with Gasteiger partial charge in [-0.15, -0.1) is 0 Å². The molecule has 1 saturated heterocycles. The first-order chi connectivity index (χ1) is 11.0. The second-order valence-corrected chi connectivity index (χ2v) is 5.51. The molecule has 120 valence electrons. The van der Waals surface area contributed by atoms with Crippen molar-refractivity contribution >= 4 is 29.3 Å². The summed E-state index contributed by atoms with van der Waals surface area (Å²) in [5.41, 5.74) is 2.77. The van der Waals surface area contributed by atoms with Crippen LogP contribution in [0.2, 0.25) is 0 Å². The standard InChI is InChI=1S/C16H17N3O4/c20-14-6-9-19(15(21)17-14)13-3-1-2-12(10-13)11-4-7-18(8-5-11)16(22)23/h1-4,10H,5-9H2,(H,22,23)(H,17,20,21). The molecular formula is C16H17N3O4. The van der Waals surface area contributed by atoms with Crippen LogP contribution in [-0.4, -0.2) is 47.7 Å². The number of rotatable bonds is 2. The number of urea groups is 1. The second-order valence-electron chi connectivity index (χ2n) is 5.51. The van der Waals surface area contributed by atoms with Crippen LogP contribution in [0.15, 0.2) is 30.3 Å². The number of amides is 4. The van der Waals surface area contributed by atoms with E-state index in [-0.39, 0.29) is 12.3 Å². The lowest BCUT2D eigenvalue weighted by Crippen LogP contribution is -2.49. The lowest BCUT2D eigenvalue weighted by atomic mass is 9.99. The summed E-state index contributed by atoms with van der Waals surface area (Å²) in [7, 11) is 0. The van der Waals surface area contributed by atoms with Crippen LogP contribution in [0.1, 0.15) is 18.4 Å². The number of hydrogen-bond acceptors (Lipinski definition) is 3. The maximum atomic E-state index is 11.9. The number of nitrogens with one attached hydrogen (secondary N) is 1. The Labute approximate surface area is 133 Å². The Balaban J connectivity index is 1.79. The molecule has 2 aliphatic heterocycles.